The molecule has 26 heavy (non-hydrogen) atoms. The predicted octanol–water partition coefficient (Wildman–Crippen LogP) is 4.41. The SMILES string of the molecule is Cc1nccn1-c1ccccc1CNC(=O)c1ccc(C(C)(C)C)cc1. The van der Waals surface area contributed by atoms with Crippen molar-refractivity contribution in [1.29, 1.82) is 0 Å². The molecule has 0 saturated carbocycles. The monoisotopic (exact) mass is 347 g/mol. The fourth-order valence-electron chi connectivity index (χ4n) is 2.93. The van der Waals surface area contributed by atoms with E-state index in [9.17, 15) is 4.79 Å². The number of rotatable bonds is 4. The maximum absolute atomic E-state index is 12.5. The minimum atomic E-state index is -0.0670. The lowest BCUT2D eigenvalue weighted by Crippen LogP contribution is -2.23. The summed E-state index contributed by atoms with van der Waals surface area (Å²) in [5.74, 6) is 0.851. The summed E-state index contributed by atoms with van der Waals surface area (Å²) >= 11 is 0. The number of aromatic nitrogens is 2. The van der Waals surface area contributed by atoms with Gasteiger partial charge in [-0.15, -0.1) is 0 Å². The third-order valence-electron chi connectivity index (χ3n) is 4.53. The number of nitrogens with zero attached hydrogens (tertiary/aromatic N) is 2. The Bertz CT molecular complexity index is 902. The van der Waals surface area contributed by atoms with Crippen LogP contribution in [0.25, 0.3) is 5.69 Å². The lowest BCUT2D eigenvalue weighted by atomic mass is 9.87. The summed E-state index contributed by atoms with van der Waals surface area (Å²) < 4.78 is 2.03. The van der Waals surface area contributed by atoms with Crippen molar-refractivity contribution in [3.63, 3.8) is 0 Å². The molecule has 4 nitrogen and oxygen atoms in total. The Balaban J connectivity index is 1.74. The van der Waals surface area contributed by atoms with Gasteiger partial charge in [0.2, 0.25) is 0 Å². The Kier molecular flexibility index (Phi) is 4.94. The van der Waals surface area contributed by atoms with Gasteiger partial charge in [0.05, 0.1) is 5.69 Å². The van der Waals surface area contributed by atoms with Gasteiger partial charge in [0.25, 0.3) is 5.91 Å². The maximum atomic E-state index is 12.5. The Morgan fingerprint density at radius 1 is 1.08 bits per heavy atom. The molecule has 0 bridgehead atoms. The lowest BCUT2D eigenvalue weighted by Gasteiger charge is -2.19. The maximum Gasteiger partial charge on any atom is 0.251 e. The number of benzene rings is 2. The van der Waals surface area contributed by atoms with Crippen molar-refractivity contribution in [3.05, 3.63) is 83.4 Å². The van der Waals surface area contributed by atoms with Gasteiger partial charge in [-0.1, -0.05) is 51.1 Å². The highest BCUT2D eigenvalue weighted by molar-refractivity contribution is 5.94. The van der Waals surface area contributed by atoms with Crippen LogP contribution in [0.2, 0.25) is 0 Å². The Morgan fingerprint density at radius 3 is 2.38 bits per heavy atom. The smallest absolute Gasteiger partial charge is 0.251 e. The van der Waals surface area contributed by atoms with Crippen LogP contribution in [0, 0.1) is 6.92 Å². The number of amides is 1. The first-order chi connectivity index (χ1) is 12.4. The van der Waals surface area contributed by atoms with E-state index in [0.717, 1.165) is 17.1 Å². The molecular formula is C22H25N3O. The number of aryl methyl sites for hydroxylation is 1. The quantitative estimate of drug-likeness (QED) is 0.760. The van der Waals surface area contributed by atoms with Crippen molar-refractivity contribution >= 4 is 5.91 Å². The van der Waals surface area contributed by atoms with E-state index in [-0.39, 0.29) is 11.3 Å². The third-order valence-corrected chi connectivity index (χ3v) is 4.53. The summed E-state index contributed by atoms with van der Waals surface area (Å²) in [5.41, 5.74) is 4.06. The standard InChI is InChI=1S/C22H25N3O/c1-16-23-13-14-25(16)20-8-6-5-7-18(20)15-24-21(26)17-9-11-19(12-10-17)22(2,3)4/h5-14H,15H2,1-4H3,(H,24,26). The molecule has 134 valence electrons. The van der Waals surface area contributed by atoms with Crippen LogP contribution in [0.5, 0.6) is 0 Å². The van der Waals surface area contributed by atoms with E-state index in [0.29, 0.717) is 12.1 Å². The van der Waals surface area contributed by atoms with Crippen molar-refractivity contribution in [1.82, 2.24) is 14.9 Å². The molecule has 3 aromatic rings. The first kappa shape index (κ1) is 17.9. The highest BCUT2D eigenvalue weighted by atomic mass is 16.1. The van der Waals surface area contributed by atoms with Gasteiger partial charge in [-0.05, 0) is 41.7 Å². The topological polar surface area (TPSA) is 46.9 Å². The first-order valence-corrected chi connectivity index (χ1v) is 8.83. The molecule has 0 aliphatic carbocycles. The van der Waals surface area contributed by atoms with Crippen LogP contribution in [0.3, 0.4) is 0 Å². The second-order valence-electron chi connectivity index (χ2n) is 7.48. The molecule has 3 rings (SSSR count). The number of hydrogen-bond donors (Lipinski definition) is 1. The van der Waals surface area contributed by atoms with Gasteiger partial charge in [0.1, 0.15) is 5.82 Å². The molecule has 0 radical (unpaired) electrons. The van der Waals surface area contributed by atoms with Crippen LogP contribution in [0.15, 0.2) is 60.9 Å². The van der Waals surface area contributed by atoms with E-state index >= 15 is 0 Å². The predicted molar refractivity (Wildman–Crippen MR) is 105 cm³/mol. The Hall–Kier alpha value is -2.88. The molecule has 1 N–H and O–H groups in total. The average molecular weight is 347 g/mol. The van der Waals surface area contributed by atoms with E-state index in [4.69, 9.17) is 0 Å². The van der Waals surface area contributed by atoms with Gasteiger partial charge in [-0.25, -0.2) is 4.98 Å². The third kappa shape index (κ3) is 3.85. The van der Waals surface area contributed by atoms with Crippen LogP contribution >= 0.6 is 0 Å². The second kappa shape index (κ2) is 7.16. The molecule has 1 aromatic heterocycles. The Labute approximate surface area is 154 Å². The van der Waals surface area contributed by atoms with E-state index in [1.165, 1.54) is 5.56 Å². The fourth-order valence-corrected chi connectivity index (χ4v) is 2.93. The van der Waals surface area contributed by atoms with Crippen molar-refractivity contribution in [2.45, 2.75) is 39.7 Å². The zero-order valence-corrected chi connectivity index (χ0v) is 15.8. The van der Waals surface area contributed by atoms with Crippen LogP contribution in [0.1, 0.15) is 48.1 Å². The normalized spacial score (nSPS) is 11.4. The van der Waals surface area contributed by atoms with E-state index in [1.807, 2.05) is 66.2 Å². The van der Waals surface area contributed by atoms with Crippen LogP contribution < -0.4 is 5.32 Å². The first-order valence-electron chi connectivity index (χ1n) is 8.83. The van der Waals surface area contributed by atoms with Gasteiger partial charge in [-0.2, -0.15) is 0 Å². The lowest BCUT2D eigenvalue weighted by molar-refractivity contribution is 0.0951. The van der Waals surface area contributed by atoms with Crippen molar-refractivity contribution < 1.29 is 4.79 Å². The number of carbonyl (C=O) groups excluding carboxylic acids is 1. The molecule has 0 atom stereocenters. The van der Waals surface area contributed by atoms with E-state index in [2.05, 4.69) is 31.1 Å². The Morgan fingerprint density at radius 2 is 1.77 bits per heavy atom. The number of hydrogen-bond acceptors (Lipinski definition) is 2. The number of nitrogens with one attached hydrogen (secondary N) is 1. The second-order valence-corrected chi connectivity index (χ2v) is 7.48. The van der Waals surface area contributed by atoms with Gasteiger partial charge >= 0.3 is 0 Å². The minimum absolute atomic E-state index is 0.0670. The summed E-state index contributed by atoms with van der Waals surface area (Å²) in [5, 5.41) is 3.02. The summed E-state index contributed by atoms with van der Waals surface area (Å²) in [6.07, 6.45) is 3.71. The van der Waals surface area contributed by atoms with Crippen molar-refractivity contribution in [3.8, 4) is 5.69 Å². The van der Waals surface area contributed by atoms with Crippen molar-refractivity contribution in [2.75, 3.05) is 0 Å². The van der Waals surface area contributed by atoms with Gasteiger partial charge in [0, 0.05) is 24.5 Å². The fraction of sp³-hybridized carbons (Fsp3) is 0.273. The molecule has 0 fully saturated rings. The zero-order chi connectivity index (χ0) is 18.7. The van der Waals surface area contributed by atoms with Gasteiger partial charge < -0.3 is 9.88 Å². The zero-order valence-electron chi connectivity index (χ0n) is 15.8. The minimum Gasteiger partial charge on any atom is -0.348 e. The summed E-state index contributed by atoms with van der Waals surface area (Å²) in [4.78, 5) is 16.8. The summed E-state index contributed by atoms with van der Waals surface area (Å²) in [6, 6.07) is 15.9. The average Bonchev–Trinajstić information content (AvgIpc) is 3.05. The molecule has 1 heterocycles. The molecule has 0 unspecified atom stereocenters. The van der Waals surface area contributed by atoms with Crippen LogP contribution in [-0.4, -0.2) is 15.5 Å². The molecule has 2 aromatic carbocycles. The highest BCUT2D eigenvalue weighted by Crippen LogP contribution is 2.22. The van der Waals surface area contributed by atoms with Gasteiger partial charge in [-0.3, -0.25) is 4.79 Å². The number of para-hydroxylation sites is 1. The molecule has 0 aliphatic heterocycles. The van der Waals surface area contributed by atoms with E-state index < -0.39 is 0 Å². The molecule has 0 spiro atoms. The molecular weight excluding hydrogens is 322 g/mol. The molecule has 0 saturated heterocycles. The molecule has 4 heteroatoms. The molecule has 0 aliphatic rings. The largest absolute Gasteiger partial charge is 0.348 e. The van der Waals surface area contributed by atoms with Crippen molar-refractivity contribution in [2.24, 2.45) is 0 Å². The number of carbonyl (C=O) groups is 1. The number of imidazole rings is 1. The van der Waals surface area contributed by atoms with Gasteiger partial charge in [0.15, 0.2) is 0 Å². The van der Waals surface area contributed by atoms with Crippen LogP contribution in [-0.2, 0) is 12.0 Å². The van der Waals surface area contributed by atoms with Crippen LogP contribution in [0.4, 0.5) is 0 Å². The summed E-state index contributed by atoms with van der Waals surface area (Å²) in [6.45, 7) is 8.92. The molecule has 1 amide bonds. The summed E-state index contributed by atoms with van der Waals surface area (Å²) in [7, 11) is 0. The van der Waals surface area contributed by atoms with E-state index in [1.54, 1.807) is 6.20 Å². The highest BCUT2D eigenvalue weighted by Gasteiger charge is 2.14.